The second-order valence-corrected chi connectivity index (χ2v) is 4.90. The van der Waals surface area contributed by atoms with Gasteiger partial charge in [0.1, 0.15) is 0 Å². The van der Waals surface area contributed by atoms with Crippen molar-refractivity contribution < 1.29 is 4.79 Å². The van der Waals surface area contributed by atoms with Crippen molar-refractivity contribution in [1.82, 2.24) is 0 Å². The van der Waals surface area contributed by atoms with E-state index in [1.807, 2.05) is 31.2 Å². The van der Waals surface area contributed by atoms with E-state index >= 15 is 0 Å². The predicted molar refractivity (Wildman–Crippen MR) is 84.7 cm³/mol. The summed E-state index contributed by atoms with van der Waals surface area (Å²) in [5.74, 6) is -0.226. The monoisotopic (exact) mass is 286 g/mol. The van der Waals surface area contributed by atoms with Crippen molar-refractivity contribution in [3.63, 3.8) is 0 Å². The minimum absolute atomic E-state index is 0.226. The first-order valence-corrected chi connectivity index (χ1v) is 6.53. The van der Waals surface area contributed by atoms with Crippen LogP contribution in [0.1, 0.15) is 11.1 Å². The van der Waals surface area contributed by atoms with Crippen LogP contribution in [0.4, 0.5) is 11.4 Å². The minimum atomic E-state index is -0.226. The summed E-state index contributed by atoms with van der Waals surface area (Å²) in [6.07, 6.45) is 3.18. The van der Waals surface area contributed by atoms with Crippen LogP contribution in [0.15, 0.2) is 48.5 Å². The number of hydrogen-bond donors (Lipinski definition) is 2. The van der Waals surface area contributed by atoms with Crippen LogP contribution in [0.3, 0.4) is 0 Å². The van der Waals surface area contributed by atoms with Gasteiger partial charge in [0.05, 0.1) is 11.4 Å². The number of anilines is 2. The quantitative estimate of drug-likeness (QED) is 0.664. The smallest absolute Gasteiger partial charge is 0.248 e. The van der Waals surface area contributed by atoms with Gasteiger partial charge in [-0.25, -0.2) is 0 Å². The van der Waals surface area contributed by atoms with Crippen molar-refractivity contribution in [2.45, 2.75) is 6.92 Å². The van der Waals surface area contributed by atoms with Crippen molar-refractivity contribution in [2.75, 3.05) is 11.1 Å². The zero-order valence-electron chi connectivity index (χ0n) is 11.1. The Hall–Kier alpha value is -2.26. The molecule has 102 valence electrons. The highest BCUT2D eigenvalue weighted by molar-refractivity contribution is 6.30. The van der Waals surface area contributed by atoms with E-state index in [1.165, 1.54) is 6.08 Å². The number of aryl methyl sites for hydroxylation is 1. The van der Waals surface area contributed by atoms with Crippen LogP contribution in [0.25, 0.3) is 6.08 Å². The molecule has 0 heterocycles. The van der Waals surface area contributed by atoms with Crippen LogP contribution in [0, 0.1) is 6.92 Å². The summed E-state index contributed by atoms with van der Waals surface area (Å²) in [4.78, 5) is 11.8. The summed E-state index contributed by atoms with van der Waals surface area (Å²) < 4.78 is 0. The summed E-state index contributed by atoms with van der Waals surface area (Å²) in [5.41, 5.74) is 8.96. The Bertz CT molecular complexity index is 648. The molecule has 20 heavy (non-hydrogen) atoms. The van der Waals surface area contributed by atoms with Crippen LogP contribution in [0.2, 0.25) is 5.02 Å². The van der Waals surface area contributed by atoms with Gasteiger partial charge in [0.2, 0.25) is 5.91 Å². The standard InChI is InChI=1S/C16H15ClN2O/c1-11-2-8-15(14(18)10-11)19-16(20)9-5-12-3-6-13(17)7-4-12/h2-10H,18H2,1H3,(H,19,20)/b9-5+. The third-order valence-corrected chi connectivity index (χ3v) is 3.01. The van der Waals surface area contributed by atoms with Gasteiger partial charge in [0, 0.05) is 11.1 Å². The van der Waals surface area contributed by atoms with Crippen molar-refractivity contribution in [1.29, 1.82) is 0 Å². The average molecular weight is 287 g/mol. The molecule has 1 amide bonds. The number of rotatable bonds is 3. The van der Waals surface area contributed by atoms with Crippen LogP contribution >= 0.6 is 11.6 Å². The molecule has 3 nitrogen and oxygen atoms in total. The van der Waals surface area contributed by atoms with Gasteiger partial charge < -0.3 is 11.1 Å². The molecule has 4 heteroatoms. The Morgan fingerprint density at radius 3 is 2.55 bits per heavy atom. The fraction of sp³-hybridized carbons (Fsp3) is 0.0625. The molecule has 2 aromatic carbocycles. The van der Waals surface area contributed by atoms with Gasteiger partial charge in [-0.05, 0) is 48.4 Å². The zero-order valence-corrected chi connectivity index (χ0v) is 11.8. The zero-order chi connectivity index (χ0) is 14.5. The number of halogens is 1. The molecule has 0 fully saturated rings. The van der Waals surface area contributed by atoms with Gasteiger partial charge >= 0.3 is 0 Å². The Kier molecular flexibility index (Phi) is 4.43. The van der Waals surface area contributed by atoms with E-state index in [-0.39, 0.29) is 5.91 Å². The molecule has 0 saturated carbocycles. The maximum absolute atomic E-state index is 11.8. The first kappa shape index (κ1) is 14.2. The summed E-state index contributed by atoms with van der Waals surface area (Å²) in [5, 5.41) is 3.41. The number of nitrogens with one attached hydrogen (secondary N) is 1. The molecular weight excluding hydrogens is 272 g/mol. The second kappa shape index (κ2) is 6.26. The molecule has 0 aromatic heterocycles. The van der Waals surface area contributed by atoms with Crippen LogP contribution in [-0.2, 0) is 4.79 Å². The predicted octanol–water partition coefficient (Wildman–Crippen LogP) is 3.88. The maximum atomic E-state index is 11.8. The highest BCUT2D eigenvalue weighted by atomic mass is 35.5. The molecule has 0 spiro atoms. The van der Waals surface area contributed by atoms with Gasteiger partial charge in [0.25, 0.3) is 0 Å². The fourth-order valence-electron chi connectivity index (χ4n) is 1.72. The van der Waals surface area contributed by atoms with Crippen molar-refractivity contribution in [3.8, 4) is 0 Å². The minimum Gasteiger partial charge on any atom is -0.397 e. The van der Waals surface area contributed by atoms with E-state index in [4.69, 9.17) is 17.3 Å². The Labute approximate surface area is 123 Å². The van der Waals surface area contributed by atoms with E-state index in [9.17, 15) is 4.79 Å². The summed E-state index contributed by atoms with van der Waals surface area (Å²) in [6, 6.07) is 12.7. The van der Waals surface area contributed by atoms with Gasteiger partial charge in [-0.3, -0.25) is 4.79 Å². The molecule has 2 aromatic rings. The molecule has 0 aliphatic carbocycles. The van der Waals surface area contributed by atoms with E-state index in [0.717, 1.165) is 11.1 Å². The van der Waals surface area contributed by atoms with Crippen molar-refractivity contribution in [2.24, 2.45) is 0 Å². The second-order valence-electron chi connectivity index (χ2n) is 4.46. The summed E-state index contributed by atoms with van der Waals surface area (Å²) in [7, 11) is 0. The third kappa shape index (κ3) is 3.87. The number of nitrogens with two attached hydrogens (primary N) is 1. The van der Waals surface area contributed by atoms with Crippen molar-refractivity contribution in [3.05, 3.63) is 64.7 Å². The number of hydrogen-bond acceptors (Lipinski definition) is 2. The van der Waals surface area contributed by atoms with Crippen LogP contribution in [0.5, 0.6) is 0 Å². The highest BCUT2D eigenvalue weighted by Crippen LogP contribution is 2.19. The van der Waals surface area contributed by atoms with Crippen LogP contribution < -0.4 is 11.1 Å². The lowest BCUT2D eigenvalue weighted by molar-refractivity contribution is -0.111. The SMILES string of the molecule is Cc1ccc(NC(=O)/C=C/c2ccc(Cl)cc2)c(N)c1. The molecule has 0 bridgehead atoms. The Morgan fingerprint density at radius 2 is 1.90 bits per heavy atom. The lowest BCUT2D eigenvalue weighted by Crippen LogP contribution is -2.09. The molecule has 0 atom stereocenters. The molecule has 0 unspecified atom stereocenters. The first-order chi connectivity index (χ1) is 9.54. The fourth-order valence-corrected chi connectivity index (χ4v) is 1.84. The molecular formula is C16H15ClN2O. The first-order valence-electron chi connectivity index (χ1n) is 6.15. The molecule has 3 N–H and O–H groups in total. The molecule has 0 radical (unpaired) electrons. The van der Waals surface area contributed by atoms with Gasteiger partial charge in [-0.2, -0.15) is 0 Å². The third-order valence-electron chi connectivity index (χ3n) is 2.76. The summed E-state index contributed by atoms with van der Waals surface area (Å²) >= 11 is 5.79. The highest BCUT2D eigenvalue weighted by Gasteiger charge is 2.02. The van der Waals surface area contributed by atoms with E-state index in [2.05, 4.69) is 5.32 Å². The normalized spacial score (nSPS) is 10.7. The van der Waals surface area contributed by atoms with E-state index in [1.54, 1.807) is 24.3 Å². The van der Waals surface area contributed by atoms with Gasteiger partial charge in [0.15, 0.2) is 0 Å². The molecule has 0 aliphatic heterocycles. The topological polar surface area (TPSA) is 55.1 Å². The van der Waals surface area contributed by atoms with E-state index in [0.29, 0.717) is 16.4 Å². The number of nitrogen functional groups attached to an aromatic ring is 1. The largest absolute Gasteiger partial charge is 0.397 e. The number of carbonyl (C=O) groups is 1. The van der Waals surface area contributed by atoms with Crippen molar-refractivity contribution >= 4 is 35.0 Å². The maximum Gasteiger partial charge on any atom is 0.248 e. The molecule has 2 rings (SSSR count). The van der Waals surface area contributed by atoms with Gasteiger partial charge in [-0.1, -0.05) is 29.8 Å². The number of benzene rings is 2. The lowest BCUT2D eigenvalue weighted by atomic mass is 10.2. The molecule has 0 saturated heterocycles. The number of amides is 1. The Morgan fingerprint density at radius 1 is 1.20 bits per heavy atom. The Balaban J connectivity index is 2.03. The van der Waals surface area contributed by atoms with Crippen LogP contribution in [-0.4, -0.2) is 5.91 Å². The van der Waals surface area contributed by atoms with E-state index < -0.39 is 0 Å². The molecule has 0 aliphatic rings. The summed E-state index contributed by atoms with van der Waals surface area (Å²) in [6.45, 7) is 1.95. The number of carbonyl (C=O) groups excluding carboxylic acids is 1. The lowest BCUT2D eigenvalue weighted by Gasteiger charge is -2.06. The average Bonchev–Trinajstić information content (AvgIpc) is 2.41. The van der Waals surface area contributed by atoms with Gasteiger partial charge in [-0.15, -0.1) is 0 Å².